The number of nitrogens with zero attached hydrogens (tertiary/aromatic N) is 1. The summed E-state index contributed by atoms with van der Waals surface area (Å²) in [5.41, 5.74) is -4.63. The van der Waals surface area contributed by atoms with Gasteiger partial charge in [-0.1, -0.05) is 207 Å². The van der Waals surface area contributed by atoms with Crippen LogP contribution in [0.4, 0.5) is 0 Å². The lowest BCUT2D eigenvalue weighted by atomic mass is 9.54. The van der Waals surface area contributed by atoms with E-state index in [2.05, 4.69) is 132 Å². The standard InChI is InChI=1S/C24H40O2.C24H42O2.C21H40O4.C14H23NO4.C14H28O2/c1-12(2)23(6,7)26-20(25)11-24(8)15(5)18-10-19(24)22-17-9-16(21(18)22)13(3)14(17)4;1-9-16-11-17(10-2)22-19-12-18(21(16)22)15(5)24(19,8)13-20(25)26-23(6,7)14(3)4;1-14(2)19(8,9)24-16(22)13-21(12,18(5,6)7)17(23)25-20(10,11)15(3)4;1-8(2)14(5,6)19-11(16)7-15-12(17)9(3)10(4)13(15)18;1-10(2)14(8,9)16-11(15)13(6,7)12(3,4)5/h12-19,21-22H,9-11H2,1-8H3;14-19,21-22H,9-13H2,1-8H3;14-15H,13H2,1-12H3;8-10H,7H2,1-6H3;10H,1-9H3. The summed E-state index contributed by atoms with van der Waals surface area (Å²) in [5.74, 6) is 12.5. The first-order valence-corrected chi connectivity index (χ1v) is 44.5. The third kappa shape index (κ3) is 21.1. The van der Waals surface area contributed by atoms with Gasteiger partial charge in [-0.15, -0.1) is 0 Å². The molecule has 112 heavy (non-hydrogen) atoms. The van der Waals surface area contributed by atoms with Crippen LogP contribution < -0.4 is 0 Å². The molecule has 7 saturated carbocycles. The summed E-state index contributed by atoms with van der Waals surface area (Å²) in [6.45, 7) is 88.3. The van der Waals surface area contributed by atoms with E-state index >= 15 is 0 Å². The maximum absolute atomic E-state index is 13.0. The summed E-state index contributed by atoms with van der Waals surface area (Å²) < 4.78 is 34.4. The molecule has 0 aromatic carbocycles. The van der Waals surface area contributed by atoms with Crippen molar-refractivity contribution in [1.29, 1.82) is 0 Å². The van der Waals surface area contributed by atoms with E-state index in [9.17, 15) is 38.4 Å². The van der Waals surface area contributed by atoms with Crippen molar-refractivity contribution < 1.29 is 66.8 Å². The van der Waals surface area contributed by atoms with Crippen molar-refractivity contribution in [3.8, 4) is 0 Å². The van der Waals surface area contributed by atoms with Crippen molar-refractivity contribution >= 4 is 47.6 Å². The molecule has 0 aromatic rings. The van der Waals surface area contributed by atoms with Crippen LogP contribution in [0, 0.1) is 175 Å². The molecule has 1 heterocycles. The number of imide groups is 1. The largest absolute Gasteiger partial charge is 0.459 e. The van der Waals surface area contributed by atoms with Gasteiger partial charge in [-0.05, 0) is 281 Å². The lowest BCUT2D eigenvalue weighted by Gasteiger charge is -2.51. The number of carbonyl (C=O) groups is 8. The van der Waals surface area contributed by atoms with Crippen molar-refractivity contribution in [2.45, 2.75) is 389 Å². The molecule has 15 nitrogen and oxygen atoms in total. The van der Waals surface area contributed by atoms with Gasteiger partial charge in [-0.2, -0.15) is 0 Å². The summed E-state index contributed by atoms with van der Waals surface area (Å²) in [6.07, 6.45) is 9.53. The van der Waals surface area contributed by atoms with Gasteiger partial charge in [0, 0.05) is 11.8 Å². The van der Waals surface area contributed by atoms with Crippen molar-refractivity contribution in [1.82, 2.24) is 4.90 Å². The van der Waals surface area contributed by atoms with Gasteiger partial charge in [0.15, 0.2) is 0 Å². The van der Waals surface area contributed by atoms with Gasteiger partial charge in [0.05, 0.1) is 30.1 Å². The number of ether oxygens (including phenoxy) is 6. The number of carbonyl (C=O) groups excluding carboxylic acids is 8. The maximum atomic E-state index is 13.0. The highest BCUT2D eigenvalue weighted by atomic mass is 16.6. The molecule has 1 aliphatic heterocycles. The SMILES string of the molecule is CC(C)C(C)(C)OC(=O)C(C)(C)C(C)(C)C.CC(C)C(C)(C)OC(=O)CC(C)(C(=O)OC(C)(C)C(C)C)C(C)(C)C.CC1C(=O)N(CC(=O)OC(C)(C)C(C)C)C(=O)C1C.CC1C(C)C2CC1C1C3CC(C21)C(C)(CC(=O)OC(C)(C)C(C)C)C3C.CCC1CC(CC)C2C1C1CC2C(C)(CC(=O)OC(C)(C)C(C)C)C1C. The third-order valence-corrected chi connectivity index (χ3v) is 34.3. The molecule has 6 bridgehead atoms. The van der Waals surface area contributed by atoms with Gasteiger partial charge < -0.3 is 28.4 Å². The first kappa shape index (κ1) is 100. The average Bonchev–Trinajstić information content (AvgIpc) is 1.52. The third-order valence-electron chi connectivity index (χ3n) is 34.3. The minimum Gasteiger partial charge on any atom is -0.459 e. The van der Waals surface area contributed by atoms with Crippen LogP contribution in [0.5, 0.6) is 0 Å². The summed E-state index contributed by atoms with van der Waals surface area (Å²) in [4.78, 5) is 100. The molecule has 7 aliphatic carbocycles. The first-order valence-electron chi connectivity index (χ1n) is 44.5. The Balaban J connectivity index is 0.000000299. The van der Waals surface area contributed by atoms with Gasteiger partial charge in [0.25, 0.3) is 0 Å². The second kappa shape index (κ2) is 35.9. The smallest absolute Gasteiger partial charge is 0.326 e. The summed E-state index contributed by atoms with van der Waals surface area (Å²) in [6, 6.07) is 0. The molecule has 21 atom stereocenters. The lowest BCUT2D eigenvalue weighted by molar-refractivity contribution is -0.187. The molecule has 8 rings (SSSR count). The zero-order valence-corrected chi connectivity index (χ0v) is 80.1. The Kier molecular flexibility index (Phi) is 32.1. The molecule has 15 heteroatoms. The zero-order valence-electron chi connectivity index (χ0n) is 80.1. The Hall–Kier alpha value is -4.04. The van der Waals surface area contributed by atoms with Gasteiger partial charge >= 0.3 is 35.8 Å². The van der Waals surface area contributed by atoms with E-state index in [-0.39, 0.29) is 112 Å². The molecular weight excluding hydrogens is 1400 g/mol. The second-order valence-electron chi connectivity index (χ2n) is 45.8. The monoisotopic (exact) mass is 1580 g/mol. The fourth-order valence-electron chi connectivity index (χ4n) is 19.6. The number of fused-ring (bicyclic) bond motifs is 14. The molecule has 0 N–H and O–H groups in total. The Bertz CT molecular complexity index is 3150. The quantitative estimate of drug-likeness (QED) is 0.0383. The minimum atomic E-state index is -0.969. The molecule has 2 amide bonds. The normalized spacial score (nSPS) is 32.1. The van der Waals surface area contributed by atoms with E-state index in [4.69, 9.17) is 28.4 Å². The number of likely N-dealkylation sites (tertiary alicyclic amines) is 1. The van der Waals surface area contributed by atoms with E-state index in [1.165, 1.54) is 38.5 Å². The number of hydrogen-bond acceptors (Lipinski definition) is 14. The minimum absolute atomic E-state index is 0.000339. The molecule has 8 fully saturated rings. The fraction of sp³-hybridized carbons (Fsp3) is 0.918. The van der Waals surface area contributed by atoms with Crippen LogP contribution in [-0.2, 0) is 66.8 Å². The van der Waals surface area contributed by atoms with E-state index in [1.54, 1.807) is 20.8 Å². The van der Waals surface area contributed by atoms with E-state index in [1.807, 2.05) is 145 Å². The highest BCUT2D eigenvalue weighted by molar-refractivity contribution is 6.06. The fourth-order valence-corrected chi connectivity index (χ4v) is 19.6. The zero-order chi connectivity index (χ0) is 87.4. The van der Waals surface area contributed by atoms with Gasteiger partial charge in [0.2, 0.25) is 11.8 Å². The molecule has 0 radical (unpaired) electrons. The van der Waals surface area contributed by atoms with Crippen LogP contribution in [0.25, 0.3) is 0 Å². The second-order valence-corrected chi connectivity index (χ2v) is 45.8. The molecule has 650 valence electrons. The first-order chi connectivity index (χ1) is 50.3. The number of hydrogen-bond donors (Lipinski definition) is 0. The average molecular weight is 1580 g/mol. The van der Waals surface area contributed by atoms with E-state index < -0.39 is 44.6 Å². The predicted octanol–water partition coefficient (Wildman–Crippen LogP) is 23.2. The Morgan fingerprint density at radius 3 is 1.02 bits per heavy atom. The van der Waals surface area contributed by atoms with Crippen molar-refractivity contribution in [3.05, 3.63) is 0 Å². The lowest BCUT2D eigenvalue weighted by Crippen LogP contribution is -2.48. The molecule has 0 spiro atoms. The summed E-state index contributed by atoms with van der Waals surface area (Å²) in [5, 5.41) is 0. The van der Waals surface area contributed by atoms with E-state index in [0.29, 0.717) is 42.4 Å². The topological polar surface area (TPSA) is 195 Å². The van der Waals surface area contributed by atoms with Gasteiger partial charge in [0.1, 0.15) is 40.2 Å². The van der Waals surface area contributed by atoms with Crippen LogP contribution in [0.2, 0.25) is 0 Å². The maximum Gasteiger partial charge on any atom is 0.326 e. The molecule has 21 unspecified atom stereocenters. The van der Waals surface area contributed by atoms with Gasteiger partial charge in [-0.3, -0.25) is 43.3 Å². The highest BCUT2D eigenvalue weighted by Gasteiger charge is 2.71. The van der Waals surface area contributed by atoms with E-state index in [0.717, 1.165) is 87.8 Å². The Morgan fingerprint density at radius 1 is 0.375 bits per heavy atom. The van der Waals surface area contributed by atoms with Crippen LogP contribution in [0.1, 0.15) is 356 Å². The van der Waals surface area contributed by atoms with Crippen LogP contribution in [-0.4, -0.2) is 92.7 Å². The van der Waals surface area contributed by atoms with Crippen LogP contribution in [0.3, 0.4) is 0 Å². The van der Waals surface area contributed by atoms with Gasteiger partial charge in [-0.25, -0.2) is 0 Å². The molecule has 1 saturated heterocycles. The summed E-state index contributed by atoms with van der Waals surface area (Å²) in [7, 11) is 0. The number of rotatable bonds is 24. The van der Waals surface area contributed by atoms with Crippen LogP contribution >= 0.6 is 0 Å². The number of esters is 6. The Labute approximate surface area is 685 Å². The Morgan fingerprint density at radius 2 is 0.679 bits per heavy atom. The number of amides is 2. The van der Waals surface area contributed by atoms with Crippen molar-refractivity contribution in [2.24, 2.45) is 175 Å². The van der Waals surface area contributed by atoms with Crippen LogP contribution in [0.15, 0.2) is 0 Å². The predicted molar refractivity (Wildman–Crippen MR) is 454 cm³/mol. The highest BCUT2D eigenvalue weighted by Crippen LogP contribution is 2.76. The molecule has 0 aromatic heterocycles. The molecular formula is C97H173NO14. The van der Waals surface area contributed by atoms with Crippen molar-refractivity contribution in [2.75, 3.05) is 6.54 Å². The summed E-state index contributed by atoms with van der Waals surface area (Å²) >= 11 is 0. The van der Waals surface area contributed by atoms with Crippen molar-refractivity contribution in [3.63, 3.8) is 0 Å². The molecule has 8 aliphatic rings.